The van der Waals surface area contributed by atoms with Gasteiger partial charge >= 0.3 is 0 Å². The Hall–Kier alpha value is -0.920. The van der Waals surface area contributed by atoms with Crippen molar-refractivity contribution in [2.75, 3.05) is 27.4 Å². The van der Waals surface area contributed by atoms with Gasteiger partial charge in [-0.05, 0) is 28.1 Å². The number of aliphatic hydroxyl groups is 1. The lowest BCUT2D eigenvalue weighted by molar-refractivity contribution is 0.00458. The van der Waals surface area contributed by atoms with Crippen molar-refractivity contribution in [3.8, 4) is 11.5 Å². The molecule has 114 valence electrons. The minimum atomic E-state index is -2.51. The van der Waals surface area contributed by atoms with Gasteiger partial charge in [-0.3, -0.25) is 0 Å². The first kappa shape index (κ1) is 17.1. The van der Waals surface area contributed by atoms with E-state index in [1.807, 2.05) is 0 Å². The molecule has 20 heavy (non-hydrogen) atoms. The molecule has 0 bridgehead atoms. The van der Waals surface area contributed by atoms with Gasteiger partial charge in [0.25, 0.3) is 6.43 Å². The van der Waals surface area contributed by atoms with Crippen LogP contribution in [-0.2, 0) is 4.74 Å². The number of alkyl halides is 2. The Bertz CT molecular complexity index is 429. The van der Waals surface area contributed by atoms with Gasteiger partial charge in [-0.25, -0.2) is 8.78 Å². The van der Waals surface area contributed by atoms with Crippen molar-refractivity contribution in [1.82, 2.24) is 0 Å². The molecule has 0 aliphatic heterocycles. The molecule has 0 aliphatic carbocycles. The van der Waals surface area contributed by atoms with Crippen molar-refractivity contribution in [3.63, 3.8) is 0 Å². The molecular formula is C13H17BrF2O4. The average Bonchev–Trinajstić information content (AvgIpc) is 2.42. The number of ether oxygens (including phenoxy) is 3. The fourth-order valence-corrected chi connectivity index (χ4v) is 2.15. The van der Waals surface area contributed by atoms with Gasteiger partial charge in [-0.1, -0.05) is 0 Å². The highest BCUT2D eigenvalue weighted by atomic mass is 79.9. The second-order valence-electron chi connectivity index (χ2n) is 4.00. The second-order valence-corrected chi connectivity index (χ2v) is 4.85. The molecule has 0 radical (unpaired) electrons. The molecule has 1 N–H and O–H groups in total. The van der Waals surface area contributed by atoms with Crippen LogP contribution in [0.25, 0.3) is 0 Å². The molecule has 0 saturated heterocycles. The molecular weight excluding hydrogens is 338 g/mol. The van der Waals surface area contributed by atoms with Crippen LogP contribution >= 0.6 is 15.9 Å². The van der Waals surface area contributed by atoms with Gasteiger partial charge in [-0.2, -0.15) is 0 Å². The Morgan fingerprint density at radius 3 is 2.40 bits per heavy atom. The van der Waals surface area contributed by atoms with Crippen LogP contribution in [0.3, 0.4) is 0 Å². The number of rotatable bonds is 8. The Morgan fingerprint density at radius 2 is 1.85 bits per heavy atom. The summed E-state index contributed by atoms with van der Waals surface area (Å²) in [5.74, 6) is 1.03. The minimum absolute atomic E-state index is 0.0348. The molecule has 1 aromatic carbocycles. The standard InChI is InChI=1S/C13H17BrF2O4/c1-18-11-6-9(14)12(19-2)5-8(11)10(17)3-4-20-7-13(15)16/h5-6,10,13,17H,3-4,7H2,1-2H3. The fraction of sp³-hybridized carbons (Fsp3) is 0.538. The fourth-order valence-electron chi connectivity index (χ4n) is 1.67. The Labute approximate surface area is 124 Å². The van der Waals surface area contributed by atoms with E-state index in [1.165, 1.54) is 14.2 Å². The maximum Gasteiger partial charge on any atom is 0.261 e. The Kier molecular flexibility index (Phi) is 7.18. The SMILES string of the molecule is COc1cc(C(O)CCOCC(F)F)c(OC)cc1Br. The van der Waals surface area contributed by atoms with Crippen molar-refractivity contribution in [2.45, 2.75) is 19.0 Å². The molecule has 0 saturated carbocycles. The quantitative estimate of drug-likeness (QED) is 0.728. The monoisotopic (exact) mass is 354 g/mol. The predicted molar refractivity (Wildman–Crippen MR) is 73.6 cm³/mol. The summed E-state index contributed by atoms with van der Waals surface area (Å²) in [5, 5.41) is 10.1. The highest BCUT2D eigenvalue weighted by Crippen LogP contribution is 2.36. The average molecular weight is 355 g/mol. The molecule has 0 fully saturated rings. The lowest BCUT2D eigenvalue weighted by Gasteiger charge is -2.17. The van der Waals surface area contributed by atoms with E-state index in [0.29, 0.717) is 21.5 Å². The summed E-state index contributed by atoms with van der Waals surface area (Å²) in [7, 11) is 2.99. The van der Waals surface area contributed by atoms with Crippen LogP contribution in [0.5, 0.6) is 11.5 Å². The lowest BCUT2D eigenvalue weighted by atomic mass is 10.1. The molecule has 1 aromatic rings. The van der Waals surface area contributed by atoms with Crippen LogP contribution in [0.1, 0.15) is 18.1 Å². The Balaban J connectivity index is 2.73. The van der Waals surface area contributed by atoms with Crippen molar-refractivity contribution < 1.29 is 28.1 Å². The number of methoxy groups -OCH3 is 2. The summed E-state index contributed by atoms with van der Waals surface area (Å²) in [5.41, 5.74) is 0.521. The molecule has 1 atom stereocenters. The summed E-state index contributed by atoms with van der Waals surface area (Å²) < 4.78 is 39.6. The van der Waals surface area contributed by atoms with Gasteiger partial charge in [0.05, 0.1) is 24.8 Å². The smallest absolute Gasteiger partial charge is 0.261 e. The minimum Gasteiger partial charge on any atom is -0.496 e. The molecule has 0 amide bonds. The van der Waals surface area contributed by atoms with E-state index in [1.54, 1.807) is 12.1 Å². The summed E-state index contributed by atoms with van der Waals surface area (Å²) in [6.07, 6.45) is -3.20. The first-order valence-electron chi connectivity index (χ1n) is 5.95. The van der Waals surface area contributed by atoms with Crippen LogP contribution in [-0.4, -0.2) is 39.0 Å². The largest absolute Gasteiger partial charge is 0.496 e. The van der Waals surface area contributed by atoms with Gasteiger partial charge in [0, 0.05) is 18.6 Å². The number of benzene rings is 1. The van der Waals surface area contributed by atoms with Crippen LogP contribution in [0.15, 0.2) is 16.6 Å². The van der Waals surface area contributed by atoms with Gasteiger partial charge in [0.15, 0.2) is 0 Å². The van der Waals surface area contributed by atoms with E-state index in [-0.39, 0.29) is 13.0 Å². The van der Waals surface area contributed by atoms with Crippen LogP contribution in [0.4, 0.5) is 8.78 Å². The van der Waals surface area contributed by atoms with E-state index < -0.39 is 19.1 Å². The number of halogens is 3. The van der Waals surface area contributed by atoms with Crippen LogP contribution in [0.2, 0.25) is 0 Å². The molecule has 0 aliphatic rings. The third kappa shape index (κ3) is 4.88. The molecule has 0 spiro atoms. The highest BCUT2D eigenvalue weighted by molar-refractivity contribution is 9.10. The number of hydrogen-bond acceptors (Lipinski definition) is 4. The van der Waals surface area contributed by atoms with Crippen molar-refractivity contribution in [1.29, 1.82) is 0 Å². The molecule has 0 aromatic heterocycles. The van der Waals surface area contributed by atoms with Gasteiger partial charge in [0.2, 0.25) is 0 Å². The zero-order chi connectivity index (χ0) is 15.1. The number of aliphatic hydroxyl groups excluding tert-OH is 1. The normalized spacial score (nSPS) is 12.6. The molecule has 7 heteroatoms. The topological polar surface area (TPSA) is 47.9 Å². The molecule has 0 heterocycles. The molecule has 1 unspecified atom stereocenters. The maximum atomic E-state index is 11.9. The van der Waals surface area contributed by atoms with E-state index >= 15 is 0 Å². The van der Waals surface area contributed by atoms with Crippen LogP contribution < -0.4 is 9.47 Å². The third-order valence-corrected chi connectivity index (χ3v) is 3.26. The van der Waals surface area contributed by atoms with Gasteiger partial charge in [0.1, 0.15) is 18.1 Å². The van der Waals surface area contributed by atoms with Crippen molar-refractivity contribution in [3.05, 3.63) is 22.2 Å². The van der Waals surface area contributed by atoms with Crippen molar-refractivity contribution in [2.24, 2.45) is 0 Å². The highest BCUT2D eigenvalue weighted by Gasteiger charge is 2.17. The number of hydrogen-bond donors (Lipinski definition) is 1. The second kappa shape index (κ2) is 8.39. The van der Waals surface area contributed by atoms with Gasteiger partial charge in [-0.15, -0.1) is 0 Å². The summed E-state index contributed by atoms with van der Waals surface area (Å²) in [6.45, 7) is -0.597. The summed E-state index contributed by atoms with van der Waals surface area (Å²) in [6, 6.07) is 3.32. The first-order valence-corrected chi connectivity index (χ1v) is 6.74. The van der Waals surface area contributed by atoms with E-state index in [2.05, 4.69) is 15.9 Å². The maximum absolute atomic E-state index is 11.9. The lowest BCUT2D eigenvalue weighted by Crippen LogP contribution is -2.09. The van der Waals surface area contributed by atoms with E-state index in [4.69, 9.17) is 14.2 Å². The Morgan fingerprint density at radius 1 is 1.20 bits per heavy atom. The zero-order valence-corrected chi connectivity index (χ0v) is 12.8. The summed E-state index contributed by atoms with van der Waals surface area (Å²) in [4.78, 5) is 0. The summed E-state index contributed by atoms with van der Waals surface area (Å²) >= 11 is 3.32. The third-order valence-electron chi connectivity index (χ3n) is 2.64. The predicted octanol–water partition coefficient (Wildman–Crippen LogP) is 3.17. The van der Waals surface area contributed by atoms with E-state index in [0.717, 1.165) is 0 Å². The van der Waals surface area contributed by atoms with E-state index in [9.17, 15) is 13.9 Å². The zero-order valence-electron chi connectivity index (χ0n) is 11.2. The van der Waals surface area contributed by atoms with Crippen molar-refractivity contribution >= 4 is 15.9 Å². The van der Waals surface area contributed by atoms with Gasteiger partial charge < -0.3 is 19.3 Å². The van der Waals surface area contributed by atoms with Crippen LogP contribution in [0, 0.1) is 0 Å². The molecule has 4 nitrogen and oxygen atoms in total. The first-order chi connectivity index (χ1) is 9.49. The molecule has 1 rings (SSSR count).